The smallest absolute Gasteiger partial charge is 0.159 e. The van der Waals surface area contributed by atoms with Gasteiger partial charge in [-0.15, -0.1) is 0 Å². The van der Waals surface area contributed by atoms with Gasteiger partial charge in [0.2, 0.25) is 0 Å². The standard InChI is InChI=1S/C54H39NO/c1-53(2)45-29-33-27-35(55(34-15-6-5-7-16-34)48-23-14-22-41-38-19-12-13-24-49(38)56-52(41)48)26-25-32(33)28-42(45)43-30-47-44(31-46(43)53)50-39-20-10-8-17-36(39)37-18-9-11-21-40(37)51(50)54(47,3)4/h5-31H,1-4H3. The van der Waals surface area contributed by atoms with Gasteiger partial charge in [-0.05, 0) is 137 Å². The van der Waals surface area contributed by atoms with Crippen LogP contribution in [0, 0.1) is 0 Å². The highest BCUT2D eigenvalue weighted by Crippen LogP contribution is 2.59. The normalized spacial score (nSPS) is 14.7. The van der Waals surface area contributed by atoms with Crippen LogP contribution < -0.4 is 4.90 Å². The molecule has 0 radical (unpaired) electrons. The Kier molecular flexibility index (Phi) is 6.22. The van der Waals surface area contributed by atoms with Crippen molar-refractivity contribution in [2.75, 3.05) is 4.90 Å². The molecule has 0 fully saturated rings. The lowest BCUT2D eigenvalue weighted by atomic mass is 9.78. The molecule has 0 bridgehead atoms. The molecule has 2 heteroatoms. The third-order valence-corrected chi connectivity index (χ3v) is 13.2. The molecular formula is C54H39NO. The fourth-order valence-electron chi connectivity index (χ4n) is 10.5. The van der Waals surface area contributed by atoms with E-state index < -0.39 is 0 Å². The quantitative estimate of drug-likeness (QED) is 0.169. The van der Waals surface area contributed by atoms with Gasteiger partial charge in [0.25, 0.3) is 0 Å². The number of benzene rings is 9. The van der Waals surface area contributed by atoms with Gasteiger partial charge >= 0.3 is 0 Å². The Labute approximate surface area is 326 Å². The zero-order valence-corrected chi connectivity index (χ0v) is 31.9. The molecule has 0 unspecified atom stereocenters. The second-order valence-electron chi connectivity index (χ2n) is 16.9. The third kappa shape index (κ3) is 4.11. The van der Waals surface area contributed by atoms with Crippen LogP contribution in [0.25, 0.3) is 76.5 Å². The van der Waals surface area contributed by atoms with Gasteiger partial charge in [0.15, 0.2) is 5.58 Å². The van der Waals surface area contributed by atoms with E-state index in [4.69, 9.17) is 4.42 Å². The van der Waals surface area contributed by atoms with Gasteiger partial charge < -0.3 is 9.32 Å². The number of para-hydroxylation sites is 3. The summed E-state index contributed by atoms with van der Waals surface area (Å²) in [7, 11) is 0. The first-order valence-electron chi connectivity index (χ1n) is 19.8. The van der Waals surface area contributed by atoms with Crippen molar-refractivity contribution in [2.24, 2.45) is 0 Å². The van der Waals surface area contributed by atoms with E-state index in [2.05, 4.69) is 190 Å². The predicted molar refractivity (Wildman–Crippen MR) is 236 cm³/mol. The van der Waals surface area contributed by atoms with Gasteiger partial charge in [-0.3, -0.25) is 0 Å². The summed E-state index contributed by atoms with van der Waals surface area (Å²) in [5, 5.41) is 10.1. The number of hydrogen-bond donors (Lipinski definition) is 0. The molecule has 2 nitrogen and oxygen atoms in total. The number of rotatable bonds is 3. The van der Waals surface area contributed by atoms with Crippen molar-refractivity contribution in [1.82, 2.24) is 0 Å². The molecule has 2 aliphatic carbocycles. The summed E-state index contributed by atoms with van der Waals surface area (Å²) in [6, 6.07) is 60.4. The Morgan fingerprint density at radius 3 is 1.82 bits per heavy atom. The molecule has 9 aromatic carbocycles. The van der Waals surface area contributed by atoms with E-state index in [1.165, 1.54) is 76.8 Å². The van der Waals surface area contributed by atoms with Crippen LogP contribution in [-0.2, 0) is 10.8 Å². The maximum Gasteiger partial charge on any atom is 0.159 e. The van der Waals surface area contributed by atoms with Gasteiger partial charge in [0.1, 0.15) is 5.58 Å². The maximum absolute atomic E-state index is 6.59. The van der Waals surface area contributed by atoms with Crippen LogP contribution in [0.5, 0.6) is 0 Å². The van der Waals surface area contributed by atoms with Crippen LogP contribution in [0.1, 0.15) is 49.9 Å². The molecule has 0 N–H and O–H groups in total. The van der Waals surface area contributed by atoms with Crippen LogP contribution in [-0.4, -0.2) is 0 Å². The van der Waals surface area contributed by atoms with E-state index in [-0.39, 0.29) is 10.8 Å². The number of anilines is 3. The fourth-order valence-corrected chi connectivity index (χ4v) is 10.5. The van der Waals surface area contributed by atoms with Gasteiger partial charge in [-0.1, -0.05) is 131 Å². The molecule has 1 heterocycles. The topological polar surface area (TPSA) is 16.4 Å². The number of hydrogen-bond acceptors (Lipinski definition) is 2. The molecule has 10 aromatic rings. The maximum atomic E-state index is 6.59. The molecule has 0 atom stereocenters. The summed E-state index contributed by atoms with van der Waals surface area (Å²) < 4.78 is 6.59. The molecule has 266 valence electrons. The van der Waals surface area contributed by atoms with Crippen LogP contribution in [0.4, 0.5) is 17.1 Å². The molecule has 1 aromatic heterocycles. The van der Waals surface area contributed by atoms with Gasteiger partial charge in [0.05, 0.1) is 5.69 Å². The van der Waals surface area contributed by atoms with Crippen molar-refractivity contribution in [1.29, 1.82) is 0 Å². The van der Waals surface area contributed by atoms with Crippen LogP contribution >= 0.6 is 0 Å². The van der Waals surface area contributed by atoms with E-state index in [9.17, 15) is 0 Å². The number of fused-ring (bicyclic) bond motifs is 15. The minimum atomic E-state index is -0.178. The SMILES string of the molecule is CC1(C)c2cc3c(cc2-c2cc4ccc(N(c5ccccc5)c5cccc6c5oc5ccccc56)cc4cc21)C(C)(C)c1c-3c2ccccc2c2ccccc12. The first kappa shape index (κ1) is 31.7. The highest BCUT2D eigenvalue weighted by Gasteiger charge is 2.43. The highest BCUT2D eigenvalue weighted by atomic mass is 16.3. The van der Waals surface area contributed by atoms with Crippen molar-refractivity contribution in [3.63, 3.8) is 0 Å². The molecule has 0 saturated carbocycles. The zero-order valence-electron chi connectivity index (χ0n) is 31.9. The van der Waals surface area contributed by atoms with Gasteiger partial charge in [-0.2, -0.15) is 0 Å². The van der Waals surface area contributed by atoms with Crippen LogP contribution in [0.2, 0.25) is 0 Å². The first-order valence-corrected chi connectivity index (χ1v) is 19.8. The Morgan fingerprint density at radius 2 is 1.02 bits per heavy atom. The van der Waals surface area contributed by atoms with E-state index in [1.54, 1.807) is 0 Å². The van der Waals surface area contributed by atoms with Crippen molar-refractivity contribution in [3.05, 3.63) is 186 Å². The number of furan rings is 1. The fraction of sp³-hybridized carbons (Fsp3) is 0.111. The van der Waals surface area contributed by atoms with E-state index in [1.807, 2.05) is 6.07 Å². The Balaban J connectivity index is 1.04. The summed E-state index contributed by atoms with van der Waals surface area (Å²) in [6.07, 6.45) is 0. The largest absolute Gasteiger partial charge is 0.454 e. The van der Waals surface area contributed by atoms with Crippen LogP contribution in [0.15, 0.2) is 168 Å². The first-order chi connectivity index (χ1) is 27.3. The molecule has 0 aliphatic heterocycles. The Morgan fingerprint density at radius 1 is 0.411 bits per heavy atom. The average Bonchev–Trinajstić information content (AvgIpc) is 3.80. The van der Waals surface area contributed by atoms with Crippen molar-refractivity contribution < 1.29 is 4.42 Å². The average molecular weight is 718 g/mol. The zero-order chi connectivity index (χ0) is 37.5. The molecule has 56 heavy (non-hydrogen) atoms. The molecule has 0 saturated heterocycles. The molecule has 2 aliphatic rings. The summed E-state index contributed by atoms with van der Waals surface area (Å²) in [6.45, 7) is 9.69. The van der Waals surface area contributed by atoms with Crippen LogP contribution in [0.3, 0.4) is 0 Å². The second-order valence-corrected chi connectivity index (χ2v) is 16.9. The van der Waals surface area contributed by atoms with Crippen molar-refractivity contribution in [3.8, 4) is 22.3 Å². The molecular weight excluding hydrogens is 679 g/mol. The molecule has 0 amide bonds. The second kappa shape index (κ2) is 11.0. The highest BCUT2D eigenvalue weighted by molar-refractivity contribution is 6.18. The van der Waals surface area contributed by atoms with E-state index >= 15 is 0 Å². The molecule has 12 rings (SSSR count). The minimum Gasteiger partial charge on any atom is -0.454 e. The Hall–Kier alpha value is -6.64. The van der Waals surface area contributed by atoms with E-state index in [0.29, 0.717) is 0 Å². The Bertz CT molecular complexity index is 3310. The summed E-state index contributed by atoms with van der Waals surface area (Å²) in [5.41, 5.74) is 15.9. The number of nitrogens with zero attached hydrogens (tertiary/aromatic N) is 1. The van der Waals surface area contributed by atoms with Gasteiger partial charge in [0, 0.05) is 33.0 Å². The monoisotopic (exact) mass is 717 g/mol. The molecule has 0 spiro atoms. The van der Waals surface area contributed by atoms with Crippen molar-refractivity contribution >= 4 is 71.3 Å². The van der Waals surface area contributed by atoms with Crippen molar-refractivity contribution in [2.45, 2.75) is 38.5 Å². The lowest BCUT2D eigenvalue weighted by molar-refractivity contribution is 0.655. The summed E-state index contributed by atoms with van der Waals surface area (Å²) in [5.74, 6) is 0. The predicted octanol–water partition coefficient (Wildman–Crippen LogP) is 15.1. The van der Waals surface area contributed by atoms with E-state index in [0.717, 1.165) is 39.0 Å². The van der Waals surface area contributed by atoms with Gasteiger partial charge in [-0.25, -0.2) is 0 Å². The summed E-state index contributed by atoms with van der Waals surface area (Å²) in [4.78, 5) is 2.34. The lowest BCUT2D eigenvalue weighted by Gasteiger charge is -2.26. The minimum absolute atomic E-state index is 0.147. The summed E-state index contributed by atoms with van der Waals surface area (Å²) >= 11 is 0. The third-order valence-electron chi connectivity index (χ3n) is 13.2. The lowest BCUT2D eigenvalue weighted by Crippen LogP contribution is -2.17.